The molecule has 2 N–H and O–H groups in total. The molecule has 5 nitrogen and oxygen atoms in total. The number of hydrogen-bond donors (Lipinski definition) is 2. The number of thiazole rings is 1. The first-order valence-electron chi connectivity index (χ1n) is 8.61. The van der Waals surface area contributed by atoms with Gasteiger partial charge in [0.25, 0.3) is 0 Å². The van der Waals surface area contributed by atoms with Gasteiger partial charge in [0.2, 0.25) is 0 Å². The molecule has 0 aliphatic heterocycles. The Hall–Kier alpha value is -2.60. The Morgan fingerprint density at radius 3 is 2.73 bits per heavy atom. The number of anilines is 1. The number of rotatable bonds is 7. The summed E-state index contributed by atoms with van der Waals surface area (Å²) < 4.78 is 2.04. The predicted octanol–water partition coefficient (Wildman–Crippen LogP) is 4.88. The summed E-state index contributed by atoms with van der Waals surface area (Å²) in [6.45, 7) is 6.62. The minimum absolute atomic E-state index is 0.119. The van der Waals surface area contributed by atoms with Gasteiger partial charge in [0.1, 0.15) is 0 Å². The molecule has 1 atom stereocenters. The molecule has 0 unspecified atom stereocenters. The number of carbonyl (C=O) groups is 1. The number of carboxylic acid groups (broad SMARTS) is 1. The SMILES string of the molecule is Cc1cc(-c2csc(N[C@H](C)c3ccccc3)n2)c(C)n1CCC(=O)O. The smallest absolute Gasteiger partial charge is 0.305 e. The minimum Gasteiger partial charge on any atom is -0.481 e. The molecule has 136 valence electrons. The van der Waals surface area contributed by atoms with Gasteiger partial charge in [-0.2, -0.15) is 0 Å². The summed E-state index contributed by atoms with van der Waals surface area (Å²) in [5.74, 6) is -0.783. The first-order chi connectivity index (χ1) is 12.5. The number of aryl methyl sites for hydroxylation is 1. The number of nitrogens with one attached hydrogen (secondary N) is 1. The Labute approximate surface area is 157 Å². The zero-order chi connectivity index (χ0) is 18.7. The van der Waals surface area contributed by atoms with E-state index in [-0.39, 0.29) is 12.5 Å². The van der Waals surface area contributed by atoms with Crippen LogP contribution in [-0.4, -0.2) is 20.6 Å². The van der Waals surface area contributed by atoms with Crippen LogP contribution in [0.3, 0.4) is 0 Å². The van der Waals surface area contributed by atoms with E-state index >= 15 is 0 Å². The van der Waals surface area contributed by atoms with Crippen LogP contribution < -0.4 is 5.32 Å². The highest BCUT2D eigenvalue weighted by Gasteiger charge is 2.15. The largest absolute Gasteiger partial charge is 0.481 e. The highest BCUT2D eigenvalue weighted by atomic mass is 32.1. The first kappa shape index (κ1) is 18.2. The quantitative estimate of drug-likeness (QED) is 0.623. The van der Waals surface area contributed by atoms with Crippen molar-refractivity contribution in [2.45, 2.75) is 39.8 Å². The van der Waals surface area contributed by atoms with E-state index in [1.165, 1.54) is 5.56 Å². The van der Waals surface area contributed by atoms with Crippen molar-refractivity contribution in [3.8, 4) is 11.3 Å². The summed E-state index contributed by atoms with van der Waals surface area (Å²) >= 11 is 1.58. The van der Waals surface area contributed by atoms with E-state index in [2.05, 4.69) is 30.4 Å². The maximum atomic E-state index is 10.9. The Morgan fingerprint density at radius 2 is 2.04 bits per heavy atom. The van der Waals surface area contributed by atoms with Crippen LogP contribution in [0.15, 0.2) is 41.8 Å². The van der Waals surface area contributed by atoms with Crippen molar-refractivity contribution >= 4 is 22.4 Å². The molecule has 2 aromatic heterocycles. The van der Waals surface area contributed by atoms with E-state index in [1.54, 1.807) is 11.3 Å². The van der Waals surface area contributed by atoms with Crippen molar-refractivity contribution in [3.63, 3.8) is 0 Å². The summed E-state index contributed by atoms with van der Waals surface area (Å²) in [4.78, 5) is 15.6. The van der Waals surface area contributed by atoms with Crippen LogP contribution in [0.2, 0.25) is 0 Å². The number of carboxylic acids is 1. The van der Waals surface area contributed by atoms with Gasteiger partial charge in [-0.15, -0.1) is 11.3 Å². The van der Waals surface area contributed by atoms with Crippen LogP contribution >= 0.6 is 11.3 Å². The van der Waals surface area contributed by atoms with Crippen molar-refractivity contribution in [2.75, 3.05) is 5.32 Å². The highest BCUT2D eigenvalue weighted by molar-refractivity contribution is 7.14. The first-order valence-corrected chi connectivity index (χ1v) is 9.49. The van der Waals surface area contributed by atoms with Crippen LogP contribution in [0, 0.1) is 13.8 Å². The van der Waals surface area contributed by atoms with E-state index in [9.17, 15) is 4.79 Å². The van der Waals surface area contributed by atoms with Crippen LogP contribution in [0.25, 0.3) is 11.3 Å². The summed E-state index contributed by atoms with van der Waals surface area (Å²) in [6, 6.07) is 12.5. The van der Waals surface area contributed by atoms with Crippen LogP contribution in [-0.2, 0) is 11.3 Å². The van der Waals surface area contributed by atoms with Crippen LogP contribution in [0.1, 0.15) is 36.3 Å². The van der Waals surface area contributed by atoms with Crippen molar-refractivity contribution < 1.29 is 9.90 Å². The third-order valence-electron chi connectivity index (χ3n) is 4.54. The van der Waals surface area contributed by atoms with Gasteiger partial charge in [-0.1, -0.05) is 30.3 Å². The minimum atomic E-state index is -0.783. The lowest BCUT2D eigenvalue weighted by atomic mass is 10.1. The van der Waals surface area contributed by atoms with E-state index in [4.69, 9.17) is 10.1 Å². The van der Waals surface area contributed by atoms with Crippen LogP contribution in [0.4, 0.5) is 5.13 Å². The van der Waals surface area contributed by atoms with Crippen molar-refractivity contribution in [1.29, 1.82) is 0 Å². The van der Waals surface area contributed by atoms with Crippen LogP contribution in [0.5, 0.6) is 0 Å². The van der Waals surface area contributed by atoms with Gasteiger partial charge >= 0.3 is 5.97 Å². The lowest BCUT2D eigenvalue weighted by Gasteiger charge is -2.12. The topological polar surface area (TPSA) is 67.2 Å². The third-order valence-corrected chi connectivity index (χ3v) is 5.32. The summed E-state index contributed by atoms with van der Waals surface area (Å²) in [5, 5.41) is 15.3. The molecule has 3 rings (SSSR count). The second-order valence-electron chi connectivity index (χ2n) is 6.39. The molecule has 3 aromatic rings. The van der Waals surface area contributed by atoms with Gasteiger partial charge in [-0.25, -0.2) is 4.98 Å². The van der Waals surface area contributed by atoms with Gasteiger partial charge in [-0.3, -0.25) is 4.79 Å². The van der Waals surface area contributed by atoms with Gasteiger partial charge in [0.05, 0.1) is 18.2 Å². The molecule has 0 aliphatic carbocycles. The predicted molar refractivity (Wildman–Crippen MR) is 106 cm³/mol. The average molecular weight is 369 g/mol. The number of hydrogen-bond acceptors (Lipinski definition) is 4. The summed E-state index contributed by atoms with van der Waals surface area (Å²) in [7, 11) is 0. The van der Waals surface area contributed by atoms with Gasteiger partial charge in [-0.05, 0) is 32.4 Å². The third kappa shape index (κ3) is 3.96. The second kappa shape index (κ2) is 7.74. The van der Waals surface area contributed by atoms with Gasteiger partial charge < -0.3 is 15.0 Å². The zero-order valence-corrected chi connectivity index (χ0v) is 16.0. The molecule has 0 bridgehead atoms. The number of aliphatic carboxylic acids is 1. The molecule has 6 heteroatoms. The molecule has 0 fully saturated rings. The van der Waals surface area contributed by atoms with E-state index < -0.39 is 5.97 Å². The molecule has 0 aliphatic rings. The van der Waals surface area contributed by atoms with Crippen molar-refractivity contribution in [2.24, 2.45) is 0 Å². The summed E-state index contributed by atoms with van der Waals surface area (Å²) in [6.07, 6.45) is 0.119. The maximum Gasteiger partial charge on any atom is 0.305 e. The van der Waals surface area contributed by atoms with Gasteiger partial charge in [0, 0.05) is 28.9 Å². The monoisotopic (exact) mass is 369 g/mol. The molecular weight excluding hydrogens is 346 g/mol. The highest BCUT2D eigenvalue weighted by Crippen LogP contribution is 2.31. The number of aromatic nitrogens is 2. The van der Waals surface area contributed by atoms with E-state index in [1.807, 2.05) is 42.0 Å². The molecule has 0 amide bonds. The van der Waals surface area contributed by atoms with Crippen molar-refractivity contribution in [3.05, 3.63) is 58.7 Å². The number of nitrogens with zero attached hydrogens (tertiary/aromatic N) is 2. The fourth-order valence-electron chi connectivity index (χ4n) is 3.09. The Morgan fingerprint density at radius 1 is 1.31 bits per heavy atom. The van der Waals surface area contributed by atoms with Gasteiger partial charge in [0.15, 0.2) is 5.13 Å². The lowest BCUT2D eigenvalue weighted by molar-refractivity contribution is -0.137. The Balaban J connectivity index is 1.77. The molecule has 26 heavy (non-hydrogen) atoms. The fraction of sp³-hybridized carbons (Fsp3) is 0.300. The molecule has 0 radical (unpaired) electrons. The normalized spacial score (nSPS) is 12.1. The second-order valence-corrected chi connectivity index (χ2v) is 7.25. The average Bonchev–Trinajstić information content (AvgIpc) is 3.18. The zero-order valence-electron chi connectivity index (χ0n) is 15.2. The molecule has 2 heterocycles. The fourth-order valence-corrected chi connectivity index (χ4v) is 3.88. The van der Waals surface area contributed by atoms with E-state index in [0.717, 1.165) is 27.8 Å². The lowest BCUT2D eigenvalue weighted by Crippen LogP contribution is -2.07. The Bertz CT molecular complexity index is 899. The van der Waals surface area contributed by atoms with Crippen molar-refractivity contribution in [1.82, 2.24) is 9.55 Å². The molecule has 1 aromatic carbocycles. The molecule has 0 saturated heterocycles. The summed E-state index contributed by atoms with van der Waals surface area (Å²) in [5.41, 5.74) is 5.31. The maximum absolute atomic E-state index is 10.9. The molecular formula is C20H23N3O2S. The molecule has 0 saturated carbocycles. The number of benzene rings is 1. The Kier molecular flexibility index (Phi) is 5.42. The van der Waals surface area contributed by atoms with E-state index in [0.29, 0.717) is 6.54 Å². The standard InChI is InChI=1S/C20H23N3O2S/c1-13-11-17(15(3)23(13)10-9-19(24)25)18-12-26-20(22-18)21-14(2)16-7-5-4-6-8-16/h4-8,11-12,14H,9-10H2,1-3H3,(H,21,22)(H,24,25)/t14-/m1/s1. The molecule has 0 spiro atoms.